The first kappa shape index (κ1) is 28.3. The van der Waals surface area contributed by atoms with E-state index in [4.69, 9.17) is 11.5 Å². The van der Waals surface area contributed by atoms with E-state index in [9.17, 15) is 29.1 Å². The van der Waals surface area contributed by atoms with Crippen molar-refractivity contribution in [2.45, 2.75) is 64.2 Å². The maximum atomic E-state index is 12.8. The van der Waals surface area contributed by atoms with E-state index in [2.05, 4.69) is 20.9 Å². The summed E-state index contributed by atoms with van der Waals surface area (Å²) in [4.78, 5) is 64.0. The molecule has 196 valence electrons. The number of primary amides is 1. The zero-order valence-electron chi connectivity index (χ0n) is 20.5. The molecule has 0 aliphatic carbocycles. The molecular formula is C24H34N6O6. The third kappa shape index (κ3) is 7.80. The highest BCUT2D eigenvalue weighted by Crippen LogP contribution is 2.19. The average molecular weight is 503 g/mol. The van der Waals surface area contributed by atoms with Crippen LogP contribution in [0.25, 0.3) is 10.9 Å². The number of carbonyl (C=O) groups is 5. The Kier molecular flexibility index (Phi) is 9.97. The van der Waals surface area contributed by atoms with Crippen molar-refractivity contribution in [2.24, 2.45) is 17.4 Å². The number of carboxylic acid groups (broad SMARTS) is 1. The number of aromatic nitrogens is 1. The molecule has 1 heterocycles. The van der Waals surface area contributed by atoms with Crippen LogP contribution in [0.5, 0.6) is 0 Å². The van der Waals surface area contributed by atoms with Gasteiger partial charge in [0.05, 0.1) is 6.04 Å². The standard InChI is InChI=1S/C24H34N6O6/c1-12(2)20(26)23(34)29-17(8-9-19(25)31)22(33)28-13(3)21(32)30-18(24(35)36)10-14-11-27-16-7-5-4-6-15(14)16/h4-7,11-13,17-18,20,27H,8-10,26H2,1-3H3,(H2,25,31)(H,28,33)(H,29,34)(H,30,32)(H,35,36). The zero-order chi connectivity index (χ0) is 27.0. The molecular weight excluding hydrogens is 468 g/mol. The molecule has 0 spiro atoms. The topological polar surface area (TPSA) is 209 Å². The number of hydrogen-bond acceptors (Lipinski definition) is 6. The van der Waals surface area contributed by atoms with Crippen LogP contribution in [-0.2, 0) is 30.4 Å². The molecule has 36 heavy (non-hydrogen) atoms. The molecule has 9 N–H and O–H groups in total. The number of aromatic amines is 1. The predicted octanol–water partition coefficient (Wildman–Crippen LogP) is -0.482. The van der Waals surface area contributed by atoms with E-state index in [1.807, 2.05) is 24.3 Å². The van der Waals surface area contributed by atoms with Gasteiger partial charge in [-0.05, 0) is 30.9 Å². The summed E-state index contributed by atoms with van der Waals surface area (Å²) in [6, 6.07) is 2.95. The summed E-state index contributed by atoms with van der Waals surface area (Å²) < 4.78 is 0. The number of carbonyl (C=O) groups excluding carboxylic acids is 4. The van der Waals surface area contributed by atoms with Crippen molar-refractivity contribution in [3.8, 4) is 0 Å². The van der Waals surface area contributed by atoms with Crippen molar-refractivity contribution < 1.29 is 29.1 Å². The molecule has 0 aliphatic rings. The summed E-state index contributed by atoms with van der Waals surface area (Å²) >= 11 is 0. The number of rotatable bonds is 13. The van der Waals surface area contributed by atoms with Crippen LogP contribution in [-0.4, -0.2) is 63.9 Å². The lowest BCUT2D eigenvalue weighted by Gasteiger charge is -2.24. The van der Waals surface area contributed by atoms with Crippen molar-refractivity contribution in [1.29, 1.82) is 0 Å². The molecule has 1 aromatic heterocycles. The van der Waals surface area contributed by atoms with Crippen molar-refractivity contribution >= 4 is 40.5 Å². The number of H-pyrrole nitrogens is 1. The summed E-state index contributed by atoms with van der Waals surface area (Å²) in [5.74, 6) is -4.14. The van der Waals surface area contributed by atoms with Crippen molar-refractivity contribution in [1.82, 2.24) is 20.9 Å². The number of nitrogens with two attached hydrogens (primary N) is 2. The SMILES string of the molecule is CC(NC(=O)C(CCC(N)=O)NC(=O)C(N)C(C)C)C(=O)NC(Cc1c[nH]c2ccccc12)C(=O)O. The van der Waals surface area contributed by atoms with Gasteiger partial charge in [-0.1, -0.05) is 32.0 Å². The largest absolute Gasteiger partial charge is 0.480 e. The minimum absolute atomic E-state index is 0.0239. The van der Waals surface area contributed by atoms with Gasteiger partial charge in [0.25, 0.3) is 0 Å². The van der Waals surface area contributed by atoms with Gasteiger partial charge in [-0.2, -0.15) is 0 Å². The molecule has 12 heteroatoms. The fourth-order valence-electron chi connectivity index (χ4n) is 3.52. The Balaban J connectivity index is 2.05. The normalized spacial score (nSPS) is 14.5. The summed E-state index contributed by atoms with van der Waals surface area (Å²) in [5, 5.41) is 17.9. The Morgan fingerprint density at radius 1 is 0.944 bits per heavy atom. The molecule has 2 rings (SSSR count). The molecule has 0 aliphatic heterocycles. The third-order valence-electron chi connectivity index (χ3n) is 5.80. The third-order valence-corrected chi connectivity index (χ3v) is 5.80. The monoisotopic (exact) mass is 502 g/mol. The number of benzene rings is 1. The quantitative estimate of drug-likeness (QED) is 0.191. The number of carboxylic acids is 1. The van der Waals surface area contributed by atoms with E-state index >= 15 is 0 Å². The molecule has 0 bridgehead atoms. The molecule has 4 atom stereocenters. The molecule has 0 saturated heterocycles. The van der Waals surface area contributed by atoms with Gasteiger partial charge in [-0.25, -0.2) is 4.79 Å². The molecule has 12 nitrogen and oxygen atoms in total. The van der Waals surface area contributed by atoms with E-state index < -0.39 is 53.8 Å². The van der Waals surface area contributed by atoms with Crippen LogP contribution in [0.4, 0.5) is 0 Å². The summed E-state index contributed by atoms with van der Waals surface area (Å²) in [5.41, 5.74) is 12.6. The van der Waals surface area contributed by atoms with E-state index in [0.717, 1.165) is 10.9 Å². The second-order valence-electron chi connectivity index (χ2n) is 9.03. The van der Waals surface area contributed by atoms with Crippen LogP contribution in [0.15, 0.2) is 30.5 Å². The highest BCUT2D eigenvalue weighted by atomic mass is 16.4. The number of fused-ring (bicyclic) bond motifs is 1. The van der Waals surface area contributed by atoms with E-state index in [0.29, 0.717) is 5.56 Å². The van der Waals surface area contributed by atoms with Gasteiger partial charge >= 0.3 is 5.97 Å². The maximum absolute atomic E-state index is 12.8. The average Bonchev–Trinajstić information content (AvgIpc) is 3.22. The molecule has 0 saturated carbocycles. The van der Waals surface area contributed by atoms with Gasteiger partial charge in [-0.15, -0.1) is 0 Å². The Labute approximate surface area is 208 Å². The minimum Gasteiger partial charge on any atom is -0.480 e. The smallest absolute Gasteiger partial charge is 0.326 e. The lowest BCUT2D eigenvalue weighted by atomic mass is 10.0. The fourth-order valence-corrected chi connectivity index (χ4v) is 3.52. The minimum atomic E-state index is -1.24. The van der Waals surface area contributed by atoms with Gasteiger partial charge in [0.15, 0.2) is 0 Å². The van der Waals surface area contributed by atoms with Gasteiger partial charge in [-0.3, -0.25) is 19.2 Å². The highest BCUT2D eigenvalue weighted by molar-refractivity contribution is 5.94. The van der Waals surface area contributed by atoms with E-state index in [1.165, 1.54) is 6.92 Å². The Morgan fingerprint density at radius 2 is 1.58 bits per heavy atom. The zero-order valence-corrected chi connectivity index (χ0v) is 20.5. The first-order chi connectivity index (χ1) is 16.9. The Bertz CT molecular complexity index is 1110. The Hall–Kier alpha value is -3.93. The summed E-state index contributed by atoms with van der Waals surface area (Å²) in [7, 11) is 0. The predicted molar refractivity (Wildman–Crippen MR) is 132 cm³/mol. The second kappa shape index (κ2) is 12.7. The number of para-hydroxylation sites is 1. The van der Waals surface area contributed by atoms with Crippen LogP contribution in [0.2, 0.25) is 0 Å². The first-order valence-electron chi connectivity index (χ1n) is 11.6. The van der Waals surface area contributed by atoms with E-state index in [-0.39, 0.29) is 25.2 Å². The summed E-state index contributed by atoms with van der Waals surface area (Å²) in [6.07, 6.45) is 1.44. The van der Waals surface area contributed by atoms with Crippen LogP contribution in [0.1, 0.15) is 39.2 Å². The van der Waals surface area contributed by atoms with Gasteiger partial charge in [0, 0.05) is 29.9 Å². The number of aliphatic carboxylic acids is 1. The number of nitrogens with one attached hydrogen (secondary N) is 4. The second-order valence-corrected chi connectivity index (χ2v) is 9.03. The van der Waals surface area contributed by atoms with Gasteiger partial charge in [0.2, 0.25) is 23.6 Å². The van der Waals surface area contributed by atoms with Crippen LogP contribution >= 0.6 is 0 Å². The molecule has 4 amide bonds. The van der Waals surface area contributed by atoms with Crippen LogP contribution in [0.3, 0.4) is 0 Å². The maximum Gasteiger partial charge on any atom is 0.326 e. The van der Waals surface area contributed by atoms with Crippen LogP contribution in [0, 0.1) is 5.92 Å². The Morgan fingerprint density at radius 3 is 2.19 bits per heavy atom. The van der Waals surface area contributed by atoms with E-state index in [1.54, 1.807) is 20.0 Å². The molecule has 1 aromatic carbocycles. The van der Waals surface area contributed by atoms with Crippen molar-refractivity contribution in [3.63, 3.8) is 0 Å². The molecule has 0 fully saturated rings. The number of hydrogen-bond donors (Lipinski definition) is 7. The molecule has 2 aromatic rings. The van der Waals surface area contributed by atoms with Gasteiger partial charge < -0.3 is 37.5 Å². The van der Waals surface area contributed by atoms with Gasteiger partial charge in [0.1, 0.15) is 18.1 Å². The summed E-state index contributed by atoms with van der Waals surface area (Å²) in [6.45, 7) is 4.86. The van der Waals surface area contributed by atoms with Crippen molar-refractivity contribution in [3.05, 3.63) is 36.0 Å². The van der Waals surface area contributed by atoms with Crippen molar-refractivity contribution in [2.75, 3.05) is 0 Å². The highest BCUT2D eigenvalue weighted by Gasteiger charge is 2.29. The van der Waals surface area contributed by atoms with Crippen LogP contribution < -0.4 is 27.4 Å². The fraction of sp³-hybridized carbons (Fsp3) is 0.458. The molecule has 0 radical (unpaired) electrons. The first-order valence-corrected chi connectivity index (χ1v) is 11.6. The number of amides is 4. The lowest BCUT2D eigenvalue weighted by Crippen LogP contribution is -2.57. The molecule has 4 unspecified atom stereocenters. The lowest BCUT2D eigenvalue weighted by molar-refractivity contribution is -0.142.